The standard InChI is InChI=1S/C12H20N2O2S/c1-12(2,4-3-11(15)16)5-6-13-7-10-8-17-9-14-10/h8-9,13H,3-7H2,1-2H3,(H,15,16). The van der Waals surface area contributed by atoms with Crippen molar-refractivity contribution < 1.29 is 9.90 Å². The lowest BCUT2D eigenvalue weighted by molar-refractivity contribution is -0.137. The van der Waals surface area contributed by atoms with Gasteiger partial charge in [-0.15, -0.1) is 11.3 Å². The summed E-state index contributed by atoms with van der Waals surface area (Å²) >= 11 is 1.60. The molecular formula is C12H20N2O2S. The number of carboxylic acids is 1. The van der Waals surface area contributed by atoms with Crippen molar-refractivity contribution in [3.8, 4) is 0 Å². The summed E-state index contributed by atoms with van der Waals surface area (Å²) in [7, 11) is 0. The number of carboxylic acid groups (broad SMARTS) is 1. The lowest BCUT2D eigenvalue weighted by Crippen LogP contribution is -2.23. The van der Waals surface area contributed by atoms with Gasteiger partial charge in [0.05, 0.1) is 11.2 Å². The molecule has 96 valence electrons. The van der Waals surface area contributed by atoms with Crippen molar-refractivity contribution in [2.24, 2.45) is 5.41 Å². The maximum atomic E-state index is 10.5. The lowest BCUT2D eigenvalue weighted by atomic mass is 9.84. The van der Waals surface area contributed by atoms with Gasteiger partial charge in [0.1, 0.15) is 0 Å². The van der Waals surface area contributed by atoms with Crippen molar-refractivity contribution in [1.82, 2.24) is 10.3 Å². The molecule has 0 aliphatic carbocycles. The van der Waals surface area contributed by atoms with E-state index < -0.39 is 5.97 Å². The topological polar surface area (TPSA) is 62.2 Å². The fourth-order valence-electron chi connectivity index (χ4n) is 1.54. The molecule has 4 nitrogen and oxygen atoms in total. The number of rotatable bonds is 8. The van der Waals surface area contributed by atoms with Crippen molar-refractivity contribution in [3.63, 3.8) is 0 Å². The molecule has 0 aliphatic heterocycles. The second-order valence-corrected chi connectivity index (χ2v) is 5.68. The Balaban J connectivity index is 2.14. The van der Waals surface area contributed by atoms with Gasteiger partial charge in [-0.05, 0) is 24.8 Å². The van der Waals surface area contributed by atoms with Gasteiger partial charge in [0.15, 0.2) is 0 Å². The van der Waals surface area contributed by atoms with E-state index in [0.29, 0.717) is 0 Å². The van der Waals surface area contributed by atoms with E-state index in [9.17, 15) is 4.79 Å². The van der Waals surface area contributed by atoms with Crippen LogP contribution in [-0.2, 0) is 11.3 Å². The lowest BCUT2D eigenvalue weighted by Gasteiger charge is -2.23. The first kappa shape index (κ1) is 14.1. The maximum Gasteiger partial charge on any atom is 0.303 e. The van der Waals surface area contributed by atoms with Gasteiger partial charge < -0.3 is 10.4 Å². The first-order valence-electron chi connectivity index (χ1n) is 5.79. The number of nitrogens with one attached hydrogen (secondary N) is 1. The summed E-state index contributed by atoms with van der Waals surface area (Å²) in [5.41, 5.74) is 2.97. The van der Waals surface area contributed by atoms with E-state index in [2.05, 4.69) is 24.1 Å². The molecule has 1 aromatic heterocycles. The third-order valence-corrected chi connectivity index (χ3v) is 3.42. The molecule has 0 fully saturated rings. The summed E-state index contributed by atoms with van der Waals surface area (Å²) in [4.78, 5) is 14.7. The number of carbonyl (C=O) groups is 1. The van der Waals surface area contributed by atoms with Crippen molar-refractivity contribution >= 4 is 17.3 Å². The van der Waals surface area contributed by atoms with E-state index in [-0.39, 0.29) is 11.8 Å². The van der Waals surface area contributed by atoms with Gasteiger partial charge in [-0.2, -0.15) is 0 Å². The predicted molar refractivity (Wildman–Crippen MR) is 69.1 cm³/mol. The van der Waals surface area contributed by atoms with E-state index in [1.165, 1.54) is 0 Å². The van der Waals surface area contributed by atoms with Gasteiger partial charge in [0.25, 0.3) is 0 Å². The Morgan fingerprint density at radius 3 is 2.88 bits per heavy atom. The summed E-state index contributed by atoms with van der Waals surface area (Å²) in [6, 6.07) is 0. The number of aromatic nitrogens is 1. The van der Waals surface area contributed by atoms with Gasteiger partial charge in [0, 0.05) is 18.3 Å². The molecule has 1 aromatic rings. The molecule has 2 N–H and O–H groups in total. The van der Waals surface area contributed by atoms with Crippen LogP contribution in [0.5, 0.6) is 0 Å². The van der Waals surface area contributed by atoms with Crippen LogP contribution >= 0.6 is 11.3 Å². The molecule has 0 amide bonds. The number of nitrogens with zero attached hydrogens (tertiary/aromatic N) is 1. The van der Waals surface area contributed by atoms with Crippen molar-refractivity contribution in [1.29, 1.82) is 0 Å². The molecule has 0 atom stereocenters. The van der Waals surface area contributed by atoms with Crippen LogP contribution in [0.4, 0.5) is 0 Å². The number of hydrogen-bond acceptors (Lipinski definition) is 4. The average molecular weight is 256 g/mol. The molecule has 0 saturated heterocycles. The van der Waals surface area contributed by atoms with Crippen LogP contribution < -0.4 is 5.32 Å². The van der Waals surface area contributed by atoms with Crippen LogP contribution in [0.3, 0.4) is 0 Å². The second kappa shape index (κ2) is 6.71. The highest BCUT2D eigenvalue weighted by molar-refractivity contribution is 7.07. The Labute approximate surface area is 106 Å². The number of aliphatic carboxylic acids is 1. The molecule has 0 saturated carbocycles. The Morgan fingerprint density at radius 1 is 1.53 bits per heavy atom. The SMILES string of the molecule is CC(C)(CCNCc1cscn1)CCC(=O)O. The molecule has 0 radical (unpaired) electrons. The minimum Gasteiger partial charge on any atom is -0.481 e. The zero-order valence-corrected chi connectivity index (χ0v) is 11.2. The minimum absolute atomic E-state index is 0.0768. The summed E-state index contributed by atoms with van der Waals surface area (Å²) in [6.07, 6.45) is 1.95. The maximum absolute atomic E-state index is 10.5. The number of hydrogen-bond donors (Lipinski definition) is 2. The van der Waals surface area contributed by atoms with E-state index in [0.717, 1.165) is 31.6 Å². The van der Waals surface area contributed by atoms with E-state index >= 15 is 0 Å². The van der Waals surface area contributed by atoms with E-state index in [1.54, 1.807) is 11.3 Å². The monoisotopic (exact) mass is 256 g/mol. The molecule has 0 unspecified atom stereocenters. The Hall–Kier alpha value is -0.940. The van der Waals surface area contributed by atoms with Crippen LogP contribution in [0.1, 0.15) is 38.8 Å². The first-order valence-corrected chi connectivity index (χ1v) is 6.73. The molecule has 5 heteroatoms. The van der Waals surface area contributed by atoms with Gasteiger partial charge in [0.2, 0.25) is 0 Å². The summed E-state index contributed by atoms with van der Waals surface area (Å²) < 4.78 is 0. The van der Waals surface area contributed by atoms with Crippen molar-refractivity contribution in [3.05, 3.63) is 16.6 Å². The average Bonchev–Trinajstić information content (AvgIpc) is 2.75. The highest BCUT2D eigenvalue weighted by Crippen LogP contribution is 2.25. The highest BCUT2D eigenvalue weighted by Gasteiger charge is 2.18. The van der Waals surface area contributed by atoms with Crippen LogP contribution in [0.25, 0.3) is 0 Å². The molecule has 0 spiro atoms. The van der Waals surface area contributed by atoms with Crippen LogP contribution in [-0.4, -0.2) is 22.6 Å². The van der Waals surface area contributed by atoms with E-state index in [4.69, 9.17) is 5.11 Å². The quantitative estimate of drug-likeness (QED) is 0.702. The Bertz CT molecular complexity index is 336. The van der Waals surface area contributed by atoms with Crippen LogP contribution in [0, 0.1) is 5.41 Å². The summed E-state index contributed by atoms with van der Waals surface area (Å²) in [5.74, 6) is -0.714. The summed E-state index contributed by atoms with van der Waals surface area (Å²) in [5, 5.41) is 14.0. The van der Waals surface area contributed by atoms with Gasteiger partial charge in [-0.1, -0.05) is 13.8 Å². The summed E-state index contributed by atoms with van der Waals surface area (Å²) in [6.45, 7) is 5.91. The number of thiazole rings is 1. The minimum atomic E-state index is -0.714. The fraction of sp³-hybridized carbons (Fsp3) is 0.667. The van der Waals surface area contributed by atoms with Crippen LogP contribution in [0.2, 0.25) is 0 Å². The largest absolute Gasteiger partial charge is 0.481 e. The molecule has 0 aliphatic rings. The zero-order valence-electron chi connectivity index (χ0n) is 10.4. The normalized spacial score (nSPS) is 11.6. The fourth-order valence-corrected chi connectivity index (χ4v) is 2.10. The highest BCUT2D eigenvalue weighted by atomic mass is 32.1. The molecule has 0 bridgehead atoms. The molecule has 0 aromatic carbocycles. The van der Waals surface area contributed by atoms with Gasteiger partial charge in [-0.3, -0.25) is 4.79 Å². The third-order valence-electron chi connectivity index (χ3n) is 2.78. The van der Waals surface area contributed by atoms with Crippen molar-refractivity contribution in [2.75, 3.05) is 6.54 Å². The van der Waals surface area contributed by atoms with Gasteiger partial charge in [-0.25, -0.2) is 4.98 Å². The third kappa shape index (κ3) is 6.38. The second-order valence-electron chi connectivity index (χ2n) is 4.96. The zero-order chi connectivity index (χ0) is 12.7. The Morgan fingerprint density at radius 2 is 2.29 bits per heavy atom. The smallest absolute Gasteiger partial charge is 0.303 e. The van der Waals surface area contributed by atoms with Crippen LogP contribution in [0.15, 0.2) is 10.9 Å². The first-order chi connectivity index (χ1) is 7.99. The Kier molecular flexibility index (Phi) is 5.58. The van der Waals surface area contributed by atoms with Crippen molar-refractivity contribution in [2.45, 2.75) is 39.7 Å². The van der Waals surface area contributed by atoms with Gasteiger partial charge >= 0.3 is 5.97 Å². The molecule has 17 heavy (non-hydrogen) atoms. The molecular weight excluding hydrogens is 236 g/mol. The predicted octanol–water partition coefficient (Wildman–Crippen LogP) is 2.51. The molecule has 1 heterocycles. The molecule has 1 rings (SSSR count). The van der Waals surface area contributed by atoms with E-state index in [1.807, 2.05) is 10.9 Å².